The van der Waals surface area contributed by atoms with Crippen molar-refractivity contribution in [3.05, 3.63) is 18.2 Å². The van der Waals surface area contributed by atoms with Crippen molar-refractivity contribution < 1.29 is 4.74 Å². The third-order valence-corrected chi connectivity index (χ3v) is 2.65. The smallest absolute Gasteiger partial charge is 0.110 e. The highest BCUT2D eigenvalue weighted by Gasteiger charge is 2.17. The van der Waals surface area contributed by atoms with Crippen LogP contribution in [0, 0.1) is 0 Å². The molecule has 1 aliphatic heterocycles. The van der Waals surface area contributed by atoms with Crippen LogP contribution in [-0.2, 0) is 11.2 Å². The van der Waals surface area contributed by atoms with Gasteiger partial charge in [0.2, 0.25) is 0 Å². The summed E-state index contributed by atoms with van der Waals surface area (Å²) in [6.45, 7) is 2.37. The van der Waals surface area contributed by atoms with Gasteiger partial charge in [-0.25, -0.2) is 4.98 Å². The number of hydrogen-bond donors (Lipinski definition) is 1. The lowest BCUT2D eigenvalue weighted by atomic mass is 10.1. The largest absolute Gasteiger partial charge is 0.379 e. The van der Waals surface area contributed by atoms with Gasteiger partial charge < -0.3 is 15.0 Å². The molecule has 1 saturated heterocycles. The van der Waals surface area contributed by atoms with Crippen molar-refractivity contribution in [1.82, 2.24) is 9.55 Å². The highest BCUT2D eigenvalue weighted by molar-refractivity contribution is 4.96. The summed E-state index contributed by atoms with van der Waals surface area (Å²) in [4.78, 5) is 4.31. The zero-order valence-electron chi connectivity index (χ0n) is 8.35. The molecular formula is C10H17N3O. The summed E-state index contributed by atoms with van der Waals surface area (Å²) in [5.74, 6) is 1.09. The molecule has 0 amide bonds. The number of nitrogens with zero attached hydrogens (tertiary/aromatic N) is 2. The Balaban J connectivity index is 2.09. The molecule has 1 aromatic rings. The van der Waals surface area contributed by atoms with Crippen LogP contribution < -0.4 is 5.73 Å². The summed E-state index contributed by atoms with van der Waals surface area (Å²) in [5, 5.41) is 0. The molecule has 1 aliphatic rings. The van der Waals surface area contributed by atoms with Gasteiger partial charge in [-0.15, -0.1) is 0 Å². The maximum absolute atomic E-state index is 5.53. The van der Waals surface area contributed by atoms with Gasteiger partial charge in [-0.3, -0.25) is 0 Å². The van der Waals surface area contributed by atoms with Crippen LogP contribution in [0.5, 0.6) is 0 Å². The van der Waals surface area contributed by atoms with Crippen molar-refractivity contribution in [2.75, 3.05) is 19.8 Å². The van der Waals surface area contributed by atoms with E-state index in [-0.39, 0.29) is 0 Å². The van der Waals surface area contributed by atoms with Gasteiger partial charge >= 0.3 is 0 Å². The summed E-state index contributed by atoms with van der Waals surface area (Å²) >= 11 is 0. The minimum Gasteiger partial charge on any atom is -0.379 e. The van der Waals surface area contributed by atoms with Crippen LogP contribution in [-0.4, -0.2) is 29.3 Å². The van der Waals surface area contributed by atoms with E-state index in [1.54, 1.807) is 0 Å². The fourth-order valence-corrected chi connectivity index (χ4v) is 1.94. The number of rotatable bonds is 3. The SMILES string of the molecule is NCCc1nccn1C1CCCOC1. The molecule has 2 rings (SSSR count). The molecule has 0 radical (unpaired) electrons. The maximum Gasteiger partial charge on any atom is 0.110 e. The van der Waals surface area contributed by atoms with Gasteiger partial charge in [-0.2, -0.15) is 0 Å². The molecule has 0 aromatic carbocycles. The summed E-state index contributed by atoms with van der Waals surface area (Å²) in [6.07, 6.45) is 7.06. The highest BCUT2D eigenvalue weighted by Crippen LogP contribution is 2.20. The monoisotopic (exact) mass is 195 g/mol. The molecular weight excluding hydrogens is 178 g/mol. The minimum atomic E-state index is 0.466. The van der Waals surface area contributed by atoms with E-state index in [0.29, 0.717) is 12.6 Å². The first kappa shape index (κ1) is 9.68. The molecule has 2 N–H and O–H groups in total. The molecule has 0 bridgehead atoms. The van der Waals surface area contributed by atoms with Crippen molar-refractivity contribution in [3.63, 3.8) is 0 Å². The van der Waals surface area contributed by atoms with Crippen LogP contribution in [0.25, 0.3) is 0 Å². The first-order valence-electron chi connectivity index (χ1n) is 5.21. The average Bonchev–Trinajstić information content (AvgIpc) is 2.68. The van der Waals surface area contributed by atoms with Gasteiger partial charge in [0, 0.05) is 25.4 Å². The van der Waals surface area contributed by atoms with Crippen molar-refractivity contribution in [2.24, 2.45) is 5.73 Å². The summed E-state index contributed by atoms with van der Waals surface area (Å²) in [5.41, 5.74) is 5.53. The van der Waals surface area contributed by atoms with Crippen LogP contribution in [0.4, 0.5) is 0 Å². The number of aromatic nitrogens is 2. The van der Waals surface area contributed by atoms with E-state index >= 15 is 0 Å². The second-order valence-corrected chi connectivity index (χ2v) is 3.66. The predicted molar refractivity (Wildman–Crippen MR) is 54.1 cm³/mol. The topological polar surface area (TPSA) is 53.1 Å². The molecule has 2 heterocycles. The van der Waals surface area contributed by atoms with E-state index in [1.807, 2.05) is 12.4 Å². The number of hydrogen-bond acceptors (Lipinski definition) is 3. The zero-order valence-corrected chi connectivity index (χ0v) is 8.35. The minimum absolute atomic E-state index is 0.466. The van der Waals surface area contributed by atoms with Gasteiger partial charge in [0.1, 0.15) is 5.82 Å². The molecule has 0 spiro atoms. The molecule has 1 unspecified atom stereocenters. The van der Waals surface area contributed by atoms with E-state index in [4.69, 9.17) is 10.5 Å². The van der Waals surface area contributed by atoms with Crippen LogP contribution in [0.1, 0.15) is 24.7 Å². The Morgan fingerprint density at radius 3 is 3.29 bits per heavy atom. The lowest BCUT2D eigenvalue weighted by Gasteiger charge is -2.24. The Hall–Kier alpha value is -0.870. The Bertz CT molecular complexity index is 279. The Morgan fingerprint density at radius 1 is 1.64 bits per heavy atom. The van der Waals surface area contributed by atoms with Crippen LogP contribution in [0.3, 0.4) is 0 Å². The Morgan fingerprint density at radius 2 is 2.57 bits per heavy atom. The third kappa shape index (κ3) is 1.96. The first-order valence-corrected chi connectivity index (χ1v) is 5.21. The van der Waals surface area contributed by atoms with Gasteiger partial charge in [0.25, 0.3) is 0 Å². The van der Waals surface area contributed by atoms with Crippen molar-refractivity contribution >= 4 is 0 Å². The lowest BCUT2D eigenvalue weighted by molar-refractivity contribution is 0.0582. The molecule has 1 aromatic heterocycles. The maximum atomic E-state index is 5.53. The molecule has 1 atom stereocenters. The van der Waals surface area contributed by atoms with Gasteiger partial charge in [0.05, 0.1) is 12.6 Å². The van der Waals surface area contributed by atoms with Gasteiger partial charge in [-0.05, 0) is 19.4 Å². The standard InChI is InChI=1S/C10H17N3O/c11-4-3-10-12-5-6-13(10)9-2-1-7-14-8-9/h5-6,9H,1-4,7-8,11H2. The average molecular weight is 195 g/mol. The van der Waals surface area contributed by atoms with Crippen molar-refractivity contribution in [2.45, 2.75) is 25.3 Å². The fourth-order valence-electron chi connectivity index (χ4n) is 1.94. The third-order valence-electron chi connectivity index (χ3n) is 2.65. The fraction of sp³-hybridized carbons (Fsp3) is 0.700. The Labute approximate surface area is 84.1 Å². The van der Waals surface area contributed by atoms with E-state index in [9.17, 15) is 0 Å². The summed E-state index contributed by atoms with van der Waals surface area (Å²) in [6, 6.07) is 0.466. The van der Waals surface area contributed by atoms with E-state index in [0.717, 1.165) is 31.9 Å². The molecule has 0 saturated carbocycles. The molecule has 4 heteroatoms. The van der Waals surface area contributed by atoms with E-state index in [1.165, 1.54) is 6.42 Å². The van der Waals surface area contributed by atoms with Crippen LogP contribution in [0.2, 0.25) is 0 Å². The van der Waals surface area contributed by atoms with Crippen molar-refractivity contribution in [3.8, 4) is 0 Å². The molecule has 0 aliphatic carbocycles. The predicted octanol–water partition coefficient (Wildman–Crippen LogP) is 0.736. The van der Waals surface area contributed by atoms with E-state index in [2.05, 4.69) is 9.55 Å². The lowest BCUT2D eigenvalue weighted by Crippen LogP contribution is -2.23. The molecule has 4 nitrogen and oxygen atoms in total. The van der Waals surface area contributed by atoms with Gasteiger partial charge in [0.15, 0.2) is 0 Å². The number of nitrogens with two attached hydrogens (primary N) is 1. The second-order valence-electron chi connectivity index (χ2n) is 3.66. The zero-order chi connectivity index (χ0) is 9.80. The normalized spacial score (nSPS) is 22.5. The first-order chi connectivity index (χ1) is 6.92. The number of imidazole rings is 1. The van der Waals surface area contributed by atoms with Gasteiger partial charge in [-0.1, -0.05) is 0 Å². The summed E-state index contributed by atoms with van der Waals surface area (Å²) in [7, 11) is 0. The second kappa shape index (κ2) is 4.57. The Kier molecular flexibility index (Phi) is 3.16. The molecule has 14 heavy (non-hydrogen) atoms. The van der Waals surface area contributed by atoms with Crippen LogP contribution >= 0.6 is 0 Å². The quantitative estimate of drug-likeness (QED) is 0.773. The highest BCUT2D eigenvalue weighted by atomic mass is 16.5. The summed E-state index contributed by atoms with van der Waals surface area (Å²) < 4.78 is 7.67. The van der Waals surface area contributed by atoms with E-state index < -0.39 is 0 Å². The van der Waals surface area contributed by atoms with Crippen molar-refractivity contribution in [1.29, 1.82) is 0 Å². The van der Waals surface area contributed by atoms with Crippen LogP contribution in [0.15, 0.2) is 12.4 Å². The number of ether oxygens (including phenoxy) is 1. The molecule has 1 fully saturated rings. The molecule has 78 valence electrons.